The molecule has 0 aromatic heterocycles. The van der Waals surface area contributed by atoms with Crippen molar-refractivity contribution in [3.05, 3.63) is 34.9 Å². The van der Waals surface area contributed by atoms with Crippen LogP contribution in [0, 0.1) is 35.5 Å². The fourth-order valence-electron chi connectivity index (χ4n) is 1.84. The molecular weight excluding hydrogens is 324 g/mol. The Kier molecular flexibility index (Phi) is 16.1. The number of aliphatic hydroxyl groups is 3. The molecule has 0 saturated heterocycles. The van der Waals surface area contributed by atoms with Gasteiger partial charge in [-0.25, -0.2) is 0 Å². The van der Waals surface area contributed by atoms with Crippen molar-refractivity contribution in [2.24, 2.45) is 0 Å². The van der Waals surface area contributed by atoms with Crippen LogP contribution in [0.3, 0.4) is 0 Å². The summed E-state index contributed by atoms with van der Waals surface area (Å²) in [7, 11) is 0. The highest BCUT2D eigenvalue weighted by Gasteiger charge is 1.96. The summed E-state index contributed by atoms with van der Waals surface area (Å²) in [6.45, 7) is 4.44. The van der Waals surface area contributed by atoms with Crippen LogP contribution in [0.25, 0.3) is 0 Å². The van der Waals surface area contributed by atoms with Crippen LogP contribution in [0.2, 0.25) is 0 Å². The Hall–Kier alpha value is -2.22. The molecule has 3 nitrogen and oxygen atoms in total. The van der Waals surface area contributed by atoms with Gasteiger partial charge in [0.1, 0.15) is 0 Å². The van der Waals surface area contributed by atoms with Crippen molar-refractivity contribution >= 4 is 0 Å². The lowest BCUT2D eigenvalue weighted by atomic mass is 10.1. The van der Waals surface area contributed by atoms with Crippen LogP contribution < -0.4 is 0 Å². The first kappa shape index (κ1) is 23.8. The second-order valence-electron chi connectivity index (χ2n) is 5.19. The Morgan fingerprint density at radius 2 is 0.846 bits per heavy atom. The van der Waals surface area contributed by atoms with Gasteiger partial charge in [0.25, 0.3) is 0 Å². The normalized spacial score (nSPS) is 8.65. The van der Waals surface area contributed by atoms with Crippen molar-refractivity contribution in [2.45, 2.75) is 52.4 Å². The first-order chi connectivity index (χ1) is 12.8. The molecule has 0 bridgehead atoms. The predicted molar refractivity (Wildman–Crippen MR) is 107 cm³/mol. The van der Waals surface area contributed by atoms with Crippen LogP contribution in [-0.4, -0.2) is 35.1 Å². The van der Waals surface area contributed by atoms with Crippen LogP contribution in [-0.2, 0) is 0 Å². The van der Waals surface area contributed by atoms with Crippen molar-refractivity contribution in [1.29, 1.82) is 0 Å². The largest absolute Gasteiger partial charge is 0.396 e. The number of unbranched alkanes of at least 4 members (excludes halogenated alkanes) is 3. The zero-order valence-electron chi connectivity index (χ0n) is 15.9. The summed E-state index contributed by atoms with van der Waals surface area (Å²) in [4.78, 5) is 0. The maximum Gasteiger partial charge on any atom is 0.0440 e. The summed E-state index contributed by atoms with van der Waals surface area (Å²) in [6.07, 6.45) is 3.96. The van der Waals surface area contributed by atoms with E-state index in [1.54, 1.807) is 0 Å². The van der Waals surface area contributed by atoms with Gasteiger partial charge >= 0.3 is 0 Å². The molecule has 0 saturated carbocycles. The Balaban J connectivity index is 0.00000301. The predicted octanol–water partition coefficient (Wildman–Crippen LogP) is 3.08. The van der Waals surface area contributed by atoms with Gasteiger partial charge in [-0.1, -0.05) is 49.4 Å². The van der Waals surface area contributed by atoms with Crippen molar-refractivity contribution in [3.63, 3.8) is 0 Å². The minimum Gasteiger partial charge on any atom is -0.396 e. The Bertz CT molecular complexity index is 565. The van der Waals surface area contributed by atoms with E-state index in [0.717, 1.165) is 16.7 Å². The molecule has 1 aromatic rings. The van der Waals surface area contributed by atoms with Gasteiger partial charge in [-0.2, -0.15) is 0 Å². The topological polar surface area (TPSA) is 60.7 Å². The van der Waals surface area contributed by atoms with Gasteiger partial charge in [-0.3, -0.25) is 0 Å². The number of benzene rings is 1. The molecule has 0 heterocycles. The van der Waals surface area contributed by atoms with E-state index in [2.05, 4.69) is 35.5 Å². The molecule has 0 aliphatic carbocycles. The molecule has 0 aliphatic rings. The average molecular weight is 354 g/mol. The molecule has 0 atom stereocenters. The SMILES string of the molecule is CC.OCCCC#Cc1cc(C#CCCCO)cc(C#CCCCO)c1. The minimum atomic E-state index is 0.145. The fraction of sp³-hybridized carbons (Fsp3) is 0.478. The van der Waals surface area contributed by atoms with Crippen LogP contribution >= 0.6 is 0 Å². The van der Waals surface area contributed by atoms with Gasteiger partial charge in [0.2, 0.25) is 0 Å². The third kappa shape index (κ3) is 12.2. The molecule has 0 radical (unpaired) electrons. The summed E-state index contributed by atoms with van der Waals surface area (Å²) in [5, 5.41) is 26.4. The Morgan fingerprint density at radius 1 is 0.577 bits per heavy atom. The average Bonchev–Trinajstić information content (AvgIpc) is 2.67. The lowest BCUT2D eigenvalue weighted by molar-refractivity contribution is 0.290. The molecule has 0 aliphatic heterocycles. The smallest absolute Gasteiger partial charge is 0.0440 e. The molecule has 26 heavy (non-hydrogen) atoms. The molecule has 0 fully saturated rings. The Labute approximate surface area is 158 Å². The standard InChI is InChI=1S/C21H24O3.C2H6/c22-13-7-1-4-10-19-16-20(11-5-2-8-14-23)18-21(17-19)12-6-3-9-15-24;1-2/h16-18,22-24H,1-3,7-9,13-15H2;1-2H3. The molecule has 0 amide bonds. The van der Waals surface area contributed by atoms with E-state index in [-0.39, 0.29) is 19.8 Å². The highest BCUT2D eigenvalue weighted by Crippen LogP contribution is 2.09. The fourth-order valence-corrected chi connectivity index (χ4v) is 1.84. The maximum absolute atomic E-state index is 8.79. The number of aliphatic hydroxyl groups excluding tert-OH is 3. The molecule has 1 aromatic carbocycles. The van der Waals surface area contributed by atoms with Crippen LogP contribution in [0.1, 0.15) is 69.1 Å². The summed E-state index contributed by atoms with van der Waals surface area (Å²) in [5.74, 6) is 18.4. The first-order valence-electron chi connectivity index (χ1n) is 9.24. The summed E-state index contributed by atoms with van der Waals surface area (Å²) in [5.41, 5.74) is 2.56. The number of hydrogen-bond donors (Lipinski definition) is 3. The van der Waals surface area contributed by atoms with E-state index < -0.39 is 0 Å². The molecule has 0 spiro atoms. The maximum atomic E-state index is 8.79. The van der Waals surface area contributed by atoms with Crippen LogP contribution in [0.15, 0.2) is 18.2 Å². The third-order valence-electron chi connectivity index (χ3n) is 3.01. The number of rotatable bonds is 6. The lowest BCUT2D eigenvalue weighted by Gasteiger charge is -1.97. The summed E-state index contributed by atoms with van der Waals surface area (Å²) >= 11 is 0. The van der Waals surface area contributed by atoms with Gasteiger partial charge in [-0.05, 0) is 37.5 Å². The zero-order chi connectivity index (χ0) is 19.5. The van der Waals surface area contributed by atoms with Crippen LogP contribution in [0.5, 0.6) is 0 Å². The van der Waals surface area contributed by atoms with Gasteiger partial charge in [-0.15, -0.1) is 0 Å². The molecule has 140 valence electrons. The van der Waals surface area contributed by atoms with Crippen LogP contribution in [0.4, 0.5) is 0 Å². The highest BCUT2D eigenvalue weighted by atomic mass is 16.3. The zero-order valence-corrected chi connectivity index (χ0v) is 15.9. The van der Waals surface area contributed by atoms with Gasteiger partial charge in [0.05, 0.1) is 0 Å². The van der Waals surface area contributed by atoms with Gasteiger partial charge < -0.3 is 15.3 Å². The molecule has 3 heteroatoms. The van der Waals surface area contributed by atoms with Crippen molar-refractivity contribution in [2.75, 3.05) is 19.8 Å². The molecule has 3 N–H and O–H groups in total. The molecular formula is C23H30O3. The van der Waals surface area contributed by atoms with Gasteiger partial charge in [0.15, 0.2) is 0 Å². The van der Waals surface area contributed by atoms with Crippen molar-refractivity contribution in [1.82, 2.24) is 0 Å². The van der Waals surface area contributed by atoms with Gasteiger partial charge in [0, 0.05) is 55.8 Å². The molecule has 0 unspecified atom stereocenters. The Morgan fingerprint density at radius 3 is 1.08 bits per heavy atom. The van der Waals surface area contributed by atoms with E-state index in [1.165, 1.54) is 0 Å². The van der Waals surface area contributed by atoms with E-state index in [0.29, 0.717) is 38.5 Å². The second-order valence-corrected chi connectivity index (χ2v) is 5.19. The minimum absolute atomic E-state index is 0.145. The lowest BCUT2D eigenvalue weighted by Crippen LogP contribution is -1.86. The summed E-state index contributed by atoms with van der Waals surface area (Å²) < 4.78 is 0. The molecule has 1 rings (SSSR count). The highest BCUT2D eigenvalue weighted by molar-refractivity contribution is 5.51. The van der Waals surface area contributed by atoms with E-state index >= 15 is 0 Å². The van der Waals surface area contributed by atoms with E-state index in [1.807, 2.05) is 32.0 Å². The quantitative estimate of drug-likeness (QED) is 0.543. The number of hydrogen-bond acceptors (Lipinski definition) is 3. The third-order valence-corrected chi connectivity index (χ3v) is 3.01. The second kappa shape index (κ2) is 17.6. The van der Waals surface area contributed by atoms with Crippen molar-refractivity contribution in [3.8, 4) is 35.5 Å². The van der Waals surface area contributed by atoms with E-state index in [4.69, 9.17) is 15.3 Å². The summed E-state index contributed by atoms with van der Waals surface area (Å²) in [6, 6.07) is 5.78. The van der Waals surface area contributed by atoms with Crippen molar-refractivity contribution < 1.29 is 15.3 Å². The monoisotopic (exact) mass is 354 g/mol. The first-order valence-corrected chi connectivity index (χ1v) is 9.24. The van der Waals surface area contributed by atoms with E-state index in [9.17, 15) is 0 Å².